The van der Waals surface area contributed by atoms with Crippen molar-refractivity contribution in [3.05, 3.63) is 12.3 Å². The van der Waals surface area contributed by atoms with Crippen LogP contribution in [0.4, 0.5) is 0 Å². The van der Waals surface area contributed by atoms with E-state index in [4.69, 9.17) is 4.74 Å². The van der Waals surface area contributed by atoms with E-state index in [1.54, 1.807) is 6.20 Å². The van der Waals surface area contributed by atoms with Gasteiger partial charge in [0.25, 0.3) is 0 Å². The molecule has 1 aliphatic rings. The van der Waals surface area contributed by atoms with Crippen LogP contribution >= 0.6 is 0 Å². The Bertz CT molecular complexity index is 214. The van der Waals surface area contributed by atoms with Crippen LogP contribution in [0.5, 0.6) is 5.88 Å². The van der Waals surface area contributed by atoms with Gasteiger partial charge in [0.1, 0.15) is 6.10 Å². The quantitative estimate of drug-likeness (QED) is 0.730. The summed E-state index contributed by atoms with van der Waals surface area (Å²) in [7, 11) is 0. The summed E-state index contributed by atoms with van der Waals surface area (Å²) in [5, 5.41) is 6.71. The summed E-state index contributed by atoms with van der Waals surface area (Å²) in [5.41, 5.74) is 0. The minimum atomic E-state index is 0.405. The highest BCUT2D eigenvalue weighted by Gasteiger charge is 2.14. The van der Waals surface area contributed by atoms with Crippen molar-refractivity contribution >= 4 is 0 Å². The molecule has 1 saturated carbocycles. The summed E-state index contributed by atoms with van der Waals surface area (Å²) in [6, 6.07) is 1.87. The van der Waals surface area contributed by atoms with Gasteiger partial charge in [-0.05, 0) is 25.7 Å². The molecule has 0 radical (unpaired) electrons. The molecule has 0 atom stereocenters. The third-order valence-electron chi connectivity index (χ3n) is 2.31. The minimum Gasteiger partial charge on any atom is -0.473 e. The first kappa shape index (κ1) is 7.65. The van der Waals surface area contributed by atoms with Gasteiger partial charge in [0.15, 0.2) is 0 Å². The maximum Gasteiger partial charge on any atom is 0.232 e. The lowest BCUT2D eigenvalue weighted by Gasteiger charge is -2.21. The molecule has 0 bridgehead atoms. The SMILES string of the molecule is c1cc(OC2CCCCC2)n[nH]1. The second-order valence-electron chi connectivity index (χ2n) is 3.29. The van der Waals surface area contributed by atoms with E-state index < -0.39 is 0 Å². The molecule has 1 aliphatic carbocycles. The van der Waals surface area contributed by atoms with E-state index in [9.17, 15) is 0 Å². The van der Waals surface area contributed by atoms with Crippen molar-refractivity contribution < 1.29 is 4.74 Å². The van der Waals surface area contributed by atoms with Crippen LogP contribution in [-0.2, 0) is 0 Å². The molecule has 1 aromatic rings. The molecule has 1 heterocycles. The first-order chi connectivity index (χ1) is 5.95. The normalized spacial score (nSPS) is 19.3. The zero-order valence-corrected chi connectivity index (χ0v) is 7.12. The summed E-state index contributed by atoms with van der Waals surface area (Å²) in [6.45, 7) is 0. The molecule has 0 amide bonds. The van der Waals surface area contributed by atoms with E-state index in [1.807, 2.05) is 6.07 Å². The topological polar surface area (TPSA) is 37.9 Å². The number of nitrogens with one attached hydrogen (secondary N) is 1. The minimum absolute atomic E-state index is 0.405. The molecule has 12 heavy (non-hydrogen) atoms. The number of aromatic amines is 1. The van der Waals surface area contributed by atoms with Crippen molar-refractivity contribution in [3.8, 4) is 5.88 Å². The van der Waals surface area contributed by atoms with E-state index >= 15 is 0 Å². The Balaban J connectivity index is 1.86. The molecule has 0 aliphatic heterocycles. The summed E-state index contributed by atoms with van der Waals surface area (Å²) in [4.78, 5) is 0. The zero-order chi connectivity index (χ0) is 8.23. The molecule has 1 fully saturated rings. The second-order valence-corrected chi connectivity index (χ2v) is 3.29. The lowest BCUT2D eigenvalue weighted by molar-refractivity contribution is 0.148. The fourth-order valence-electron chi connectivity index (χ4n) is 1.67. The van der Waals surface area contributed by atoms with E-state index in [0.29, 0.717) is 6.10 Å². The summed E-state index contributed by atoms with van der Waals surface area (Å²) in [5.74, 6) is 0.738. The van der Waals surface area contributed by atoms with Gasteiger partial charge in [-0.2, -0.15) is 0 Å². The van der Waals surface area contributed by atoms with Crippen LogP contribution in [0.3, 0.4) is 0 Å². The van der Waals surface area contributed by atoms with Crippen LogP contribution in [0.1, 0.15) is 32.1 Å². The van der Waals surface area contributed by atoms with Crippen molar-refractivity contribution in [1.82, 2.24) is 10.2 Å². The molecule has 0 aromatic carbocycles. The van der Waals surface area contributed by atoms with Crippen molar-refractivity contribution in [2.24, 2.45) is 0 Å². The van der Waals surface area contributed by atoms with Crippen LogP contribution in [0.15, 0.2) is 12.3 Å². The largest absolute Gasteiger partial charge is 0.473 e. The van der Waals surface area contributed by atoms with Gasteiger partial charge >= 0.3 is 0 Å². The number of H-pyrrole nitrogens is 1. The van der Waals surface area contributed by atoms with Crippen LogP contribution in [0.2, 0.25) is 0 Å². The monoisotopic (exact) mass is 166 g/mol. The molecule has 2 rings (SSSR count). The third-order valence-corrected chi connectivity index (χ3v) is 2.31. The Morgan fingerprint density at radius 3 is 2.83 bits per heavy atom. The second kappa shape index (κ2) is 3.61. The van der Waals surface area contributed by atoms with Crippen molar-refractivity contribution in [3.63, 3.8) is 0 Å². The van der Waals surface area contributed by atoms with E-state index in [2.05, 4.69) is 10.2 Å². The number of hydrogen-bond donors (Lipinski definition) is 1. The molecule has 0 saturated heterocycles. The maximum atomic E-state index is 5.65. The Hall–Kier alpha value is -0.990. The Morgan fingerprint density at radius 2 is 2.17 bits per heavy atom. The van der Waals surface area contributed by atoms with Crippen LogP contribution in [-0.4, -0.2) is 16.3 Å². The molecule has 0 unspecified atom stereocenters. The highest BCUT2D eigenvalue weighted by atomic mass is 16.5. The average Bonchev–Trinajstić information content (AvgIpc) is 2.59. The van der Waals surface area contributed by atoms with Crippen molar-refractivity contribution in [1.29, 1.82) is 0 Å². The summed E-state index contributed by atoms with van der Waals surface area (Å²) >= 11 is 0. The predicted molar refractivity (Wildman–Crippen MR) is 46.1 cm³/mol. The van der Waals surface area contributed by atoms with Crippen LogP contribution in [0, 0.1) is 0 Å². The van der Waals surface area contributed by atoms with Crippen molar-refractivity contribution in [2.75, 3.05) is 0 Å². The van der Waals surface area contributed by atoms with E-state index in [-0.39, 0.29) is 0 Å². The highest BCUT2D eigenvalue weighted by Crippen LogP contribution is 2.21. The smallest absolute Gasteiger partial charge is 0.232 e. The Labute approximate surface area is 72.1 Å². The number of hydrogen-bond acceptors (Lipinski definition) is 2. The molecule has 3 nitrogen and oxygen atoms in total. The fraction of sp³-hybridized carbons (Fsp3) is 0.667. The Kier molecular flexibility index (Phi) is 2.30. The number of nitrogens with zero attached hydrogens (tertiary/aromatic N) is 1. The molecule has 66 valence electrons. The number of aromatic nitrogens is 2. The lowest BCUT2D eigenvalue weighted by Crippen LogP contribution is -2.19. The van der Waals surface area contributed by atoms with Gasteiger partial charge in [-0.3, -0.25) is 5.10 Å². The van der Waals surface area contributed by atoms with Gasteiger partial charge in [-0.15, -0.1) is 5.10 Å². The van der Waals surface area contributed by atoms with E-state index in [0.717, 1.165) is 5.88 Å². The number of rotatable bonds is 2. The number of ether oxygens (including phenoxy) is 1. The van der Waals surface area contributed by atoms with Gasteiger partial charge in [0.05, 0.1) is 0 Å². The predicted octanol–water partition coefficient (Wildman–Crippen LogP) is 2.12. The first-order valence-corrected chi connectivity index (χ1v) is 4.61. The molecule has 1 aromatic heterocycles. The fourth-order valence-corrected chi connectivity index (χ4v) is 1.67. The van der Waals surface area contributed by atoms with Crippen molar-refractivity contribution in [2.45, 2.75) is 38.2 Å². The summed E-state index contributed by atoms with van der Waals surface area (Å²) in [6.07, 6.45) is 8.53. The van der Waals surface area contributed by atoms with Gasteiger partial charge < -0.3 is 4.74 Å². The molecule has 3 heteroatoms. The lowest BCUT2D eigenvalue weighted by atomic mass is 9.98. The van der Waals surface area contributed by atoms with Gasteiger partial charge in [-0.1, -0.05) is 6.42 Å². The molecule has 1 N–H and O–H groups in total. The average molecular weight is 166 g/mol. The van der Waals surface area contributed by atoms with E-state index in [1.165, 1.54) is 32.1 Å². The van der Waals surface area contributed by atoms with Crippen LogP contribution < -0.4 is 4.74 Å². The van der Waals surface area contributed by atoms with Gasteiger partial charge in [-0.25, -0.2) is 0 Å². The highest BCUT2D eigenvalue weighted by molar-refractivity contribution is 5.04. The van der Waals surface area contributed by atoms with Gasteiger partial charge in [0.2, 0.25) is 5.88 Å². The molecule has 0 spiro atoms. The summed E-state index contributed by atoms with van der Waals surface area (Å²) < 4.78 is 5.65. The standard InChI is InChI=1S/C9H14N2O/c1-2-4-8(5-3-1)12-9-6-7-10-11-9/h6-8H,1-5H2,(H,10,11). The first-order valence-electron chi connectivity index (χ1n) is 4.61. The zero-order valence-electron chi connectivity index (χ0n) is 7.12. The Morgan fingerprint density at radius 1 is 1.33 bits per heavy atom. The third kappa shape index (κ3) is 1.78. The van der Waals surface area contributed by atoms with Crippen LogP contribution in [0.25, 0.3) is 0 Å². The maximum absolute atomic E-state index is 5.65. The molecular formula is C9H14N2O. The molecular weight excluding hydrogens is 152 g/mol. The van der Waals surface area contributed by atoms with Gasteiger partial charge in [0, 0.05) is 12.3 Å².